The second kappa shape index (κ2) is 8.23. The van der Waals surface area contributed by atoms with Crippen molar-refractivity contribution < 1.29 is 9.59 Å². The maximum atomic E-state index is 12.9. The molecule has 0 fully saturated rings. The summed E-state index contributed by atoms with van der Waals surface area (Å²) in [6.45, 7) is 3.21. The molecule has 4 rings (SSSR count). The zero-order valence-electron chi connectivity index (χ0n) is 17.0. The standard InChI is InChI=1S/C24H20N4O3/c1-15-25-22-6-4-3-5-21(22)24(31)28(15)20-13-7-17(8-14-20)23(30)27-19-11-9-18(10-12-19)26-16(2)29/h3-14H,1-2H3,(H,26,29)(H,27,30). The molecule has 1 heterocycles. The summed E-state index contributed by atoms with van der Waals surface area (Å²) in [5.41, 5.74) is 2.85. The Bertz CT molecular complexity index is 1340. The van der Waals surface area contributed by atoms with E-state index < -0.39 is 0 Å². The largest absolute Gasteiger partial charge is 0.326 e. The first kappa shape index (κ1) is 20.0. The first-order chi connectivity index (χ1) is 14.9. The van der Waals surface area contributed by atoms with Gasteiger partial charge in [0.2, 0.25) is 5.91 Å². The summed E-state index contributed by atoms with van der Waals surface area (Å²) >= 11 is 0. The smallest absolute Gasteiger partial charge is 0.265 e. The Labute approximate surface area is 178 Å². The number of aromatic nitrogens is 2. The molecule has 3 aromatic carbocycles. The average molecular weight is 412 g/mol. The Hall–Kier alpha value is -4.26. The Balaban J connectivity index is 1.56. The quantitative estimate of drug-likeness (QED) is 0.532. The minimum atomic E-state index is -0.278. The summed E-state index contributed by atoms with van der Waals surface area (Å²) in [4.78, 5) is 41.1. The highest BCUT2D eigenvalue weighted by Crippen LogP contribution is 2.17. The fourth-order valence-corrected chi connectivity index (χ4v) is 3.35. The molecule has 0 aliphatic carbocycles. The number of nitrogens with one attached hydrogen (secondary N) is 2. The van der Waals surface area contributed by atoms with Crippen LogP contribution in [0.4, 0.5) is 11.4 Å². The number of fused-ring (bicyclic) bond motifs is 1. The van der Waals surface area contributed by atoms with Gasteiger partial charge in [-0.15, -0.1) is 0 Å². The van der Waals surface area contributed by atoms with Gasteiger partial charge in [-0.1, -0.05) is 12.1 Å². The second-order valence-corrected chi connectivity index (χ2v) is 7.08. The van der Waals surface area contributed by atoms with Crippen molar-refractivity contribution in [1.82, 2.24) is 9.55 Å². The molecule has 7 heteroatoms. The van der Waals surface area contributed by atoms with E-state index in [0.29, 0.717) is 39.4 Å². The number of amides is 2. The third-order valence-corrected chi connectivity index (χ3v) is 4.79. The van der Waals surface area contributed by atoms with Gasteiger partial charge in [0.05, 0.1) is 16.6 Å². The van der Waals surface area contributed by atoms with Gasteiger partial charge in [-0.3, -0.25) is 19.0 Å². The van der Waals surface area contributed by atoms with Crippen molar-refractivity contribution in [3.63, 3.8) is 0 Å². The van der Waals surface area contributed by atoms with E-state index in [2.05, 4.69) is 15.6 Å². The van der Waals surface area contributed by atoms with Gasteiger partial charge in [-0.05, 0) is 67.6 Å². The molecule has 2 amide bonds. The van der Waals surface area contributed by atoms with Crippen LogP contribution in [0.5, 0.6) is 0 Å². The molecule has 0 unspecified atom stereocenters. The van der Waals surface area contributed by atoms with E-state index in [0.717, 1.165) is 0 Å². The van der Waals surface area contributed by atoms with E-state index in [1.807, 2.05) is 12.1 Å². The van der Waals surface area contributed by atoms with Crippen molar-refractivity contribution in [1.29, 1.82) is 0 Å². The second-order valence-electron chi connectivity index (χ2n) is 7.08. The number of para-hydroxylation sites is 1. The molecule has 0 bridgehead atoms. The predicted octanol–water partition coefficient (Wildman–Crippen LogP) is 3.90. The summed E-state index contributed by atoms with van der Waals surface area (Å²) in [6.07, 6.45) is 0. The van der Waals surface area contributed by atoms with Crippen LogP contribution in [0.2, 0.25) is 0 Å². The molecular weight excluding hydrogens is 392 g/mol. The summed E-state index contributed by atoms with van der Waals surface area (Å²) in [5.74, 6) is 0.132. The molecule has 0 aliphatic heterocycles. The molecule has 1 aromatic heterocycles. The zero-order valence-corrected chi connectivity index (χ0v) is 17.0. The van der Waals surface area contributed by atoms with Crippen LogP contribution in [-0.4, -0.2) is 21.4 Å². The molecule has 0 aliphatic rings. The summed E-state index contributed by atoms with van der Waals surface area (Å²) in [5, 5.41) is 6.03. The molecule has 0 radical (unpaired) electrons. The minimum absolute atomic E-state index is 0.153. The van der Waals surface area contributed by atoms with Crippen LogP contribution in [0.15, 0.2) is 77.6 Å². The van der Waals surface area contributed by atoms with Crippen LogP contribution >= 0.6 is 0 Å². The summed E-state index contributed by atoms with van der Waals surface area (Å²) in [7, 11) is 0. The number of carbonyl (C=O) groups is 2. The zero-order chi connectivity index (χ0) is 22.0. The maximum Gasteiger partial charge on any atom is 0.265 e. The fourth-order valence-electron chi connectivity index (χ4n) is 3.35. The van der Waals surface area contributed by atoms with E-state index in [4.69, 9.17) is 0 Å². The average Bonchev–Trinajstić information content (AvgIpc) is 2.75. The van der Waals surface area contributed by atoms with Gasteiger partial charge >= 0.3 is 0 Å². The molecule has 0 saturated carbocycles. The number of anilines is 2. The van der Waals surface area contributed by atoms with Gasteiger partial charge in [0.15, 0.2) is 0 Å². The Kier molecular flexibility index (Phi) is 5.32. The third kappa shape index (κ3) is 4.20. The van der Waals surface area contributed by atoms with Crippen LogP contribution in [0.1, 0.15) is 23.1 Å². The van der Waals surface area contributed by atoms with E-state index >= 15 is 0 Å². The van der Waals surface area contributed by atoms with Gasteiger partial charge < -0.3 is 10.6 Å². The van der Waals surface area contributed by atoms with Crippen molar-refractivity contribution in [2.24, 2.45) is 0 Å². The lowest BCUT2D eigenvalue weighted by atomic mass is 10.1. The summed E-state index contributed by atoms with van der Waals surface area (Å²) < 4.78 is 1.53. The molecule has 4 aromatic rings. The SMILES string of the molecule is CC(=O)Nc1ccc(NC(=O)c2ccc(-n3c(C)nc4ccccc4c3=O)cc2)cc1. The van der Waals surface area contributed by atoms with Gasteiger partial charge in [0.25, 0.3) is 11.5 Å². The van der Waals surface area contributed by atoms with Crippen molar-refractivity contribution >= 4 is 34.1 Å². The minimum Gasteiger partial charge on any atom is -0.326 e. The van der Waals surface area contributed by atoms with E-state index in [1.165, 1.54) is 11.5 Å². The monoisotopic (exact) mass is 412 g/mol. The van der Waals surface area contributed by atoms with Crippen LogP contribution in [0.3, 0.4) is 0 Å². The highest BCUT2D eigenvalue weighted by atomic mass is 16.2. The Morgan fingerprint density at radius 2 is 1.45 bits per heavy atom. The fraction of sp³-hybridized carbons (Fsp3) is 0.0833. The van der Waals surface area contributed by atoms with Crippen LogP contribution in [-0.2, 0) is 4.79 Å². The number of rotatable bonds is 4. The van der Waals surface area contributed by atoms with Gasteiger partial charge in [-0.2, -0.15) is 0 Å². The highest BCUT2D eigenvalue weighted by Gasteiger charge is 2.11. The van der Waals surface area contributed by atoms with Crippen molar-refractivity contribution in [2.75, 3.05) is 10.6 Å². The molecule has 31 heavy (non-hydrogen) atoms. The number of nitrogens with zero attached hydrogens (tertiary/aromatic N) is 2. The van der Waals surface area contributed by atoms with E-state index in [1.54, 1.807) is 67.6 Å². The van der Waals surface area contributed by atoms with Crippen molar-refractivity contribution in [2.45, 2.75) is 13.8 Å². The molecule has 2 N–H and O–H groups in total. The normalized spacial score (nSPS) is 10.6. The molecular formula is C24H20N4O3. The van der Waals surface area contributed by atoms with Gasteiger partial charge in [0.1, 0.15) is 5.82 Å². The number of hydrogen-bond acceptors (Lipinski definition) is 4. The van der Waals surface area contributed by atoms with Crippen LogP contribution in [0.25, 0.3) is 16.6 Å². The molecule has 0 saturated heterocycles. The first-order valence-electron chi connectivity index (χ1n) is 9.70. The van der Waals surface area contributed by atoms with Crippen LogP contribution in [0, 0.1) is 6.92 Å². The lowest BCUT2D eigenvalue weighted by Crippen LogP contribution is -2.22. The third-order valence-electron chi connectivity index (χ3n) is 4.79. The van der Waals surface area contributed by atoms with Crippen molar-refractivity contribution in [3.05, 3.63) is 94.5 Å². The molecule has 0 spiro atoms. The Morgan fingerprint density at radius 3 is 2.10 bits per heavy atom. The number of aryl methyl sites for hydroxylation is 1. The van der Waals surface area contributed by atoms with Gasteiger partial charge in [0, 0.05) is 23.9 Å². The summed E-state index contributed by atoms with van der Waals surface area (Å²) in [6, 6.07) is 20.8. The highest BCUT2D eigenvalue weighted by molar-refractivity contribution is 6.04. The Morgan fingerprint density at radius 1 is 0.839 bits per heavy atom. The van der Waals surface area contributed by atoms with Crippen molar-refractivity contribution in [3.8, 4) is 5.69 Å². The van der Waals surface area contributed by atoms with Gasteiger partial charge in [-0.25, -0.2) is 4.98 Å². The topological polar surface area (TPSA) is 93.1 Å². The number of carbonyl (C=O) groups excluding carboxylic acids is 2. The number of hydrogen-bond donors (Lipinski definition) is 2. The predicted molar refractivity (Wildman–Crippen MR) is 121 cm³/mol. The molecule has 0 atom stereocenters. The molecule has 7 nitrogen and oxygen atoms in total. The van der Waals surface area contributed by atoms with E-state index in [-0.39, 0.29) is 17.4 Å². The lowest BCUT2D eigenvalue weighted by Gasteiger charge is -2.12. The number of benzene rings is 3. The van der Waals surface area contributed by atoms with Crippen LogP contribution < -0.4 is 16.2 Å². The maximum absolute atomic E-state index is 12.9. The van der Waals surface area contributed by atoms with E-state index in [9.17, 15) is 14.4 Å². The molecule has 154 valence electrons. The lowest BCUT2D eigenvalue weighted by molar-refractivity contribution is -0.114. The first-order valence-corrected chi connectivity index (χ1v) is 9.70.